The highest BCUT2D eigenvalue weighted by Crippen LogP contribution is 2.39. The van der Waals surface area contributed by atoms with Gasteiger partial charge in [0.1, 0.15) is 165 Å². The summed E-state index contributed by atoms with van der Waals surface area (Å²) in [6.45, 7) is -7.41. The fraction of sp³-hybridized carbons (Fsp3) is 1.00. The first kappa shape index (κ1) is 63.0. The molecule has 20 N–H and O–H groups in total. The summed E-state index contributed by atoms with van der Waals surface area (Å²) in [5.74, 6) is 0. The predicted octanol–water partition coefficient (Wildman–Crippen LogP) is -13.9. The lowest BCUT2D eigenvalue weighted by Gasteiger charge is -2.50. The van der Waals surface area contributed by atoms with Gasteiger partial charge in [0, 0.05) is 4.91 Å². The first-order chi connectivity index (χ1) is 37.7. The third kappa shape index (κ3) is 12.4. The maximum absolute atomic E-state index is 11.5. The van der Waals surface area contributed by atoms with E-state index in [0.717, 1.165) is 0 Å². The zero-order valence-corrected chi connectivity index (χ0v) is 41.2. The van der Waals surface area contributed by atoms with Gasteiger partial charge in [-0.3, -0.25) is 0 Å². The summed E-state index contributed by atoms with van der Waals surface area (Å²) in [4.78, 5) is 2.69. The summed E-state index contributed by atoms with van der Waals surface area (Å²) in [6.07, 6.45) is -68.4. The fourth-order valence-electron chi connectivity index (χ4n) is 10.6. The Morgan fingerprint density at radius 2 is 0.405 bits per heavy atom. The molecule has 0 amide bonds. The molecule has 35 atom stereocenters. The fourth-order valence-corrected chi connectivity index (χ4v) is 10.6. The predicted molar refractivity (Wildman–Crippen MR) is 235 cm³/mol. The van der Waals surface area contributed by atoms with Crippen molar-refractivity contribution in [3.05, 3.63) is 10.4 Å². The van der Waals surface area contributed by atoms with Gasteiger partial charge in [-0.1, -0.05) is 5.11 Å². The van der Waals surface area contributed by atoms with Crippen LogP contribution < -0.4 is 0 Å². The summed E-state index contributed by atoms with van der Waals surface area (Å²) in [6, 6.07) is -1.89. The van der Waals surface area contributed by atoms with E-state index in [1.165, 1.54) is 0 Å². The second kappa shape index (κ2) is 26.9. The average molecular weight is 1160 g/mol. The molecule has 0 unspecified atom stereocenters. The van der Waals surface area contributed by atoms with Crippen LogP contribution in [0.4, 0.5) is 0 Å². The molecule has 0 saturated carbocycles. The van der Waals surface area contributed by atoms with Crippen LogP contribution >= 0.6 is 0 Å². The Balaban J connectivity index is 1.09. The molecule has 0 aromatic heterocycles. The van der Waals surface area contributed by atoms with Gasteiger partial charge in [0.05, 0.1) is 52.3 Å². The highest BCUT2D eigenvalue weighted by molar-refractivity contribution is 5.03. The van der Waals surface area contributed by atoms with Crippen LogP contribution in [0.1, 0.15) is 0 Å². The number of rotatable bonds is 8. The van der Waals surface area contributed by atoms with Crippen molar-refractivity contribution in [2.75, 3.05) is 46.2 Å². The Kier molecular flexibility index (Phi) is 21.4. The van der Waals surface area contributed by atoms with Gasteiger partial charge < -0.3 is 168 Å². The van der Waals surface area contributed by atoms with Gasteiger partial charge in [0.25, 0.3) is 0 Å². The van der Waals surface area contributed by atoms with Gasteiger partial charge in [0.2, 0.25) is 0 Å². The van der Waals surface area contributed by atoms with Crippen molar-refractivity contribution in [1.29, 1.82) is 0 Å². The molecule has 37 nitrogen and oxygen atoms in total. The van der Waals surface area contributed by atoms with E-state index >= 15 is 0 Å². The Bertz CT molecular complexity index is 1960. The minimum atomic E-state index is -2.23. The lowest BCUT2D eigenvalue weighted by atomic mass is 9.94. The third-order valence-corrected chi connectivity index (χ3v) is 15.0. The largest absolute Gasteiger partial charge is 0.394 e. The van der Waals surface area contributed by atoms with Crippen LogP contribution in [0.3, 0.4) is 0 Å². The van der Waals surface area contributed by atoms with Crippen molar-refractivity contribution in [2.24, 2.45) is 5.11 Å². The monoisotopic (exact) mass is 1160 g/mol. The number of aliphatic hydroxyl groups is 20. The number of nitrogens with zero attached hydrogens (tertiary/aromatic N) is 3. The van der Waals surface area contributed by atoms with Crippen molar-refractivity contribution in [3.63, 3.8) is 0 Å². The van der Waals surface area contributed by atoms with Crippen molar-refractivity contribution >= 4 is 0 Å². The Morgan fingerprint density at radius 1 is 0.241 bits per heavy atom. The lowest BCUT2D eigenvalue weighted by Crippen LogP contribution is -2.68. The number of aliphatic hydroxyl groups excluding tert-OH is 20. The molecule has 79 heavy (non-hydrogen) atoms. The Labute approximate surface area is 444 Å². The second-order valence-electron chi connectivity index (χ2n) is 19.9. The molecule has 14 bridgehead atoms. The molecule has 37 heteroatoms. The topological polar surface area (TPSA) is 583 Å². The van der Waals surface area contributed by atoms with Gasteiger partial charge in [-0.25, -0.2) is 0 Å². The summed E-state index contributed by atoms with van der Waals surface area (Å²) in [7, 11) is 0. The number of hydrogen-bond donors (Lipinski definition) is 20. The first-order valence-corrected chi connectivity index (χ1v) is 25.0. The summed E-state index contributed by atoms with van der Waals surface area (Å²) < 4.78 is 79.9. The van der Waals surface area contributed by atoms with E-state index < -0.39 is 261 Å². The number of ether oxygens (including phenoxy) is 14. The Morgan fingerprint density at radius 3 is 0.582 bits per heavy atom. The quantitative estimate of drug-likeness (QED) is 0.0610. The minimum absolute atomic E-state index is 1.05. The standard InChI is InChI=1S/C42H69N3O34/c43-45-44-15-16(53)36-66-8(1-46)29(15)73-37-23(60)17(54)31(10(3-48)67-37)75-39-25(62)19(56)33(12(5-50)69-39)77-41-27(64)21(58)35(14(7-52)71-41)79-42-28(65)22(59)34(13(6-51)72-42)78-40-26(63)20(57)32(11(4-49)70-40)76-38-24(61)18(55)30(74-36)9(2-47)68-38/h8-42,46-65H,1-7H2/t8-,9-,10+,11-,12-,13-,14-,15+,16+,17-,18+,19-,20+,21-,22-,23-,24+,25-,26+,27-,28-,29-,30-,31-,32-,33-,34-,35-,36-,37-,38-,39-,40-,41-,42-/m1/s1. The first-order valence-electron chi connectivity index (χ1n) is 25.0. The maximum Gasteiger partial charge on any atom is 0.187 e. The van der Waals surface area contributed by atoms with E-state index in [4.69, 9.17) is 66.3 Å². The molecule has 21 heterocycles. The van der Waals surface area contributed by atoms with Crippen molar-refractivity contribution in [3.8, 4) is 0 Å². The van der Waals surface area contributed by atoms with E-state index in [1.807, 2.05) is 0 Å². The number of hydrogen-bond acceptors (Lipinski definition) is 35. The zero-order valence-electron chi connectivity index (χ0n) is 41.2. The molecular formula is C42H69N3O34. The minimum Gasteiger partial charge on any atom is -0.394 e. The maximum atomic E-state index is 11.5. The third-order valence-electron chi connectivity index (χ3n) is 15.0. The van der Waals surface area contributed by atoms with Gasteiger partial charge in [0.15, 0.2) is 44.0 Å². The molecule has 21 saturated heterocycles. The van der Waals surface area contributed by atoms with Crippen LogP contribution in [0.25, 0.3) is 10.4 Å². The molecule has 21 rings (SSSR count). The summed E-state index contributed by atoms with van der Waals surface area (Å²) >= 11 is 0. The summed E-state index contributed by atoms with van der Waals surface area (Å²) in [5, 5.41) is 224. The van der Waals surface area contributed by atoms with E-state index in [9.17, 15) is 108 Å². The van der Waals surface area contributed by atoms with Gasteiger partial charge in [-0.2, -0.15) is 0 Å². The van der Waals surface area contributed by atoms with Crippen molar-refractivity contribution < 1.29 is 168 Å². The number of azide groups is 1. The second-order valence-corrected chi connectivity index (χ2v) is 19.9. The molecule has 456 valence electrons. The van der Waals surface area contributed by atoms with Crippen LogP contribution in [-0.4, -0.2) is 363 Å². The normalized spacial score (nSPS) is 54.1. The van der Waals surface area contributed by atoms with Gasteiger partial charge >= 0.3 is 0 Å². The molecule has 21 aliphatic rings. The van der Waals surface area contributed by atoms with E-state index in [2.05, 4.69) is 10.0 Å². The van der Waals surface area contributed by atoms with E-state index in [1.54, 1.807) is 0 Å². The molecular weight excluding hydrogens is 1090 g/mol. The highest BCUT2D eigenvalue weighted by Gasteiger charge is 2.59. The van der Waals surface area contributed by atoms with Crippen LogP contribution in [0, 0.1) is 0 Å². The van der Waals surface area contributed by atoms with Gasteiger partial charge in [-0.15, -0.1) is 0 Å². The van der Waals surface area contributed by atoms with Gasteiger partial charge in [-0.05, 0) is 5.53 Å². The molecule has 0 aromatic carbocycles. The molecule has 0 aromatic rings. The molecule has 0 spiro atoms. The SMILES string of the molecule is [N-]=[N+]=N[C@H]1[C@H](O)[C@H]2O[C@H]3[C@@H](O)[C@H](O)[C@@H](O[C@H]4[C@@H](O)[C@H](O)[C@@H](O[C@H]5[C@H](O)[C@@H](O)[C@@H](O[C@H]6[C@H](O)[C@@H](O)[C@@H](O[C@H]7[C@H](O)[C@@H](O)[C@@H](O[C@H]8[C@H](O)[C@@H](O)[C@@H](O[C@@H]1[C@@H](CO)O2)O[C@H]8CO)O[C@@H]7CO)O[C@@H]6CO)O[C@@H]5CO)O[C@@H]4CO)O[C@@H]3CO. The van der Waals surface area contributed by atoms with E-state index in [0.29, 0.717) is 0 Å². The van der Waals surface area contributed by atoms with E-state index in [-0.39, 0.29) is 0 Å². The average Bonchev–Trinajstić information content (AvgIpc) is 3.48. The van der Waals surface area contributed by atoms with Crippen molar-refractivity contribution in [2.45, 2.75) is 215 Å². The Hall–Kier alpha value is -2.05. The highest BCUT2D eigenvalue weighted by atomic mass is 16.8. The van der Waals surface area contributed by atoms with Crippen LogP contribution in [0.2, 0.25) is 0 Å². The molecule has 0 radical (unpaired) electrons. The van der Waals surface area contributed by atoms with Crippen LogP contribution in [0.15, 0.2) is 5.11 Å². The van der Waals surface area contributed by atoms with Crippen LogP contribution in [-0.2, 0) is 66.3 Å². The molecule has 21 aliphatic heterocycles. The summed E-state index contributed by atoms with van der Waals surface area (Å²) in [5.41, 5.74) is 9.57. The van der Waals surface area contributed by atoms with Crippen LogP contribution in [0.5, 0.6) is 0 Å². The lowest BCUT2D eigenvalue weighted by molar-refractivity contribution is -0.396. The molecule has 0 aliphatic carbocycles. The van der Waals surface area contributed by atoms with Crippen molar-refractivity contribution in [1.82, 2.24) is 0 Å². The smallest absolute Gasteiger partial charge is 0.187 e. The molecule has 21 fully saturated rings. The zero-order chi connectivity index (χ0) is 57.5.